The van der Waals surface area contributed by atoms with Crippen molar-refractivity contribution in [1.29, 1.82) is 0 Å². The first-order valence-corrected chi connectivity index (χ1v) is 9.33. The number of nitrogens with zero attached hydrogens (tertiary/aromatic N) is 1. The Balaban J connectivity index is 1.50. The van der Waals surface area contributed by atoms with Crippen molar-refractivity contribution in [2.24, 2.45) is 11.8 Å². The van der Waals surface area contributed by atoms with Gasteiger partial charge in [0.05, 0.1) is 0 Å². The summed E-state index contributed by atoms with van der Waals surface area (Å²) in [6, 6.07) is 7.10. The second kappa shape index (κ2) is 7.18. The van der Waals surface area contributed by atoms with Crippen molar-refractivity contribution in [2.45, 2.75) is 46.1 Å². The molecule has 0 aromatic heterocycles. The van der Waals surface area contributed by atoms with E-state index in [9.17, 15) is 0 Å². The van der Waals surface area contributed by atoms with Gasteiger partial charge in [-0.2, -0.15) is 0 Å². The average Bonchev–Trinajstić information content (AvgIpc) is 2.52. The van der Waals surface area contributed by atoms with Crippen molar-refractivity contribution in [1.82, 2.24) is 10.2 Å². The van der Waals surface area contributed by atoms with Gasteiger partial charge in [-0.15, -0.1) is 0 Å². The van der Waals surface area contributed by atoms with Gasteiger partial charge < -0.3 is 10.6 Å². The molecule has 0 spiro atoms. The molecule has 1 aromatic rings. The quantitative estimate of drug-likeness (QED) is 0.823. The summed E-state index contributed by atoms with van der Waals surface area (Å²) in [5.41, 5.74) is 3.60. The third-order valence-corrected chi connectivity index (χ3v) is 5.76. The number of piperidine rings is 3. The molecule has 3 fully saturated rings. The first-order chi connectivity index (χ1) is 11.0. The molecule has 0 amide bonds. The normalized spacial score (nSPS) is 29.3. The minimum atomic E-state index is 0.649. The van der Waals surface area contributed by atoms with Crippen LogP contribution < -0.4 is 10.6 Å². The van der Waals surface area contributed by atoms with Crippen molar-refractivity contribution < 1.29 is 0 Å². The van der Waals surface area contributed by atoms with E-state index in [1.165, 1.54) is 43.5 Å². The minimum Gasteiger partial charge on any atom is -0.361 e. The minimum absolute atomic E-state index is 0.649. The summed E-state index contributed by atoms with van der Waals surface area (Å²) < 4.78 is 0. The summed E-state index contributed by atoms with van der Waals surface area (Å²) in [6.07, 6.45) is 4.05. The maximum atomic E-state index is 5.48. The van der Waals surface area contributed by atoms with E-state index in [1.807, 2.05) is 0 Å². The van der Waals surface area contributed by atoms with Crippen LogP contribution in [0.25, 0.3) is 0 Å². The lowest BCUT2D eigenvalue weighted by Gasteiger charge is -2.50. The maximum Gasteiger partial charge on any atom is 0.170 e. The van der Waals surface area contributed by atoms with E-state index < -0.39 is 0 Å². The van der Waals surface area contributed by atoms with Crippen molar-refractivity contribution >= 4 is 23.0 Å². The highest BCUT2D eigenvalue weighted by molar-refractivity contribution is 7.80. The first-order valence-electron chi connectivity index (χ1n) is 8.92. The Morgan fingerprint density at radius 1 is 1.26 bits per heavy atom. The fourth-order valence-corrected chi connectivity index (χ4v) is 4.56. The van der Waals surface area contributed by atoms with Gasteiger partial charge in [0.1, 0.15) is 0 Å². The lowest BCUT2D eigenvalue weighted by Crippen LogP contribution is -2.56. The Bertz CT molecular complexity index is 551. The average molecular weight is 332 g/mol. The molecule has 1 aromatic carbocycles. The van der Waals surface area contributed by atoms with Crippen LogP contribution in [-0.2, 0) is 0 Å². The Morgan fingerprint density at radius 2 is 2.00 bits per heavy atom. The van der Waals surface area contributed by atoms with Crippen LogP contribution in [0, 0.1) is 25.7 Å². The van der Waals surface area contributed by atoms with Gasteiger partial charge in [0, 0.05) is 24.8 Å². The number of hydrogen-bond acceptors (Lipinski definition) is 2. The summed E-state index contributed by atoms with van der Waals surface area (Å²) in [5.74, 6) is 1.85. The van der Waals surface area contributed by atoms with Gasteiger partial charge in [0.2, 0.25) is 0 Å². The van der Waals surface area contributed by atoms with Gasteiger partial charge >= 0.3 is 0 Å². The molecule has 2 N–H and O–H groups in total. The molecule has 0 radical (unpaired) electrons. The van der Waals surface area contributed by atoms with Crippen LogP contribution in [-0.4, -0.2) is 35.7 Å². The molecule has 4 atom stereocenters. The maximum absolute atomic E-state index is 5.48. The van der Waals surface area contributed by atoms with Gasteiger partial charge in [-0.1, -0.05) is 19.4 Å². The molecule has 3 nitrogen and oxygen atoms in total. The fourth-order valence-electron chi connectivity index (χ4n) is 4.36. The zero-order valence-electron chi connectivity index (χ0n) is 14.6. The number of benzene rings is 1. The lowest BCUT2D eigenvalue weighted by atomic mass is 9.74. The largest absolute Gasteiger partial charge is 0.361 e. The van der Waals surface area contributed by atoms with Crippen molar-refractivity contribution in [3.63, 3.8) is 0 Å². The number of nitrogens with one attached hydrogen (secondary N) is 2. The van der Waals surface area contributed by atoms with E-state index in [0.29, 0.717) is 6.04 Å². The van der Waals surface area contributed by atoms with Crippen LogP contribution >= 0.6 is 12.2 Å². The summed E-state index contributed by atoms with van der Waals surface area (Å²) in [4.78, 5) is 2.67. The predicted octanol–water partition coefficient (Wildman–Crippen LogP) is 3.71. The molecule has 4 rings (SSSR count). The van der Waals surface area contributed by atoms with Gasteiger partial charge in [0.25, 0.3) is 0 Å². The summed E-state index contributed by atoms with van der Waals surface area (Å²) in [7, 11) is 0. The number of fused-ring (bicyclic) bond motifs is 3. The molecule has 3 aliphatic heterocycles. The molecular weight excluding hydrogens is 302 g/mol. The molecule has 3 aliphatic rings. The standard InChI is InChI=1S/C19H29N3S/c1-4-15-12-22-6-5-16(15)10-18(22)11-20-19(23)21-17-8-13(2)7-14(3)9-17/h7-9,15-16,18H,4-6,10-12H2,1-3H3,(H2,20,21,23)/t15-,16-,18+/m0/s1. The number of aryl methyl sites for hydroxylation is 2. The zero-order valence-corrected chi connectivity index (χ0v) is 15.4. The van der Waals surface area contributed by atoms with E-state index in [0.717, 1.165) is 29.2 Å². The van der Waals surface area contributed by atoms with Crippen molar-refractivity contribution in [3.05, 3.63) is 29.3 Å². The molecule has 23 heavy (non-hydrogen) atoms. The highest BCUT2D eigenvalue weighted by atomic mass is 32.1. The van der Waals surface area contributed by atoms with E-state index in [1.54, 1.807) is 0 Å². The molecule has 126 valence electrons. The smallest absolute Gasteiger partial charge is 0.170 e. The Hall–Kier alpha value is -1.13. The molecular formula is C19H29N3S. The number of thiocarbonyl (C=S) groups is 1. The molecule has 1 unspecified atom stereocenters. The SMILES string of the molecule is CC[C@H]1CN2CC[C@H]1C[C@@H]2CNC(=S)Nc1cc(C)cc(C)c1. The van der Waals surface area contributed by atoms with Gasteiger partial charge in [-0.05, 0) is 80.5 Å². The van der Waals surface area contributed by atoms with Crippen LogP contribution in [0.4, 0.5) is 5.69 Å². The van der Waals surface area contributed by atoms with E-state index in [-0.39, 0.29) is 0 Å². The Labute approximate surface area is 145 Å². The molecule has 0 aliphatic carbocycles. The number of anilines is 1. The van der Waals surface area contributed by atoms with E-state index in [4.69, 9.17) is 12.2 Å². The van der Waals surface area contributed by atoms with Crippen LogP contribution in [0.3, 0.4) is 0 Å². The highest BCUT2D eigenvalue weighted by Crippen LogP contribution is 2.37. The van der Waals surface area contributed by atoms with Crippen LogP contribution in [0.2, 0.25) is 0 Å². The third-order valence-electron chi connectivity index (χ3n) is 5.52. The molecule has 0 saturated carbocycles. The fraction of sp³-hybridized carbons (Fsp3) is 0.632. The van der Waals surface area contributed by atoms with Crippen LogP contribution in [0.15, 0.2) is 18.2 Å². The summed E-state index contributed by atoms with van der Waals surface area (Å²) >= 11 is 5.48. The highest BCUT2D eigenvalue weighted by Gasteiger charge is 2.38. The monoisotopic (exact) mass is 331 g/mol. The second-order valence-corrected chi connectivity index (χ2v) is 7.72. The zero-order chi connectivity index (χ0) is 16.4. The first kappa shape index (κ1) is 16.7. The second-order valence-electron chi connectivity index (χ2n) is 7.31. The van der Waals surface area contributed by atoms with Crippen molar-refractivity contribution in [2.75, 3.05) is 25.0 Å². The van der Waals surface area contributed by atoms with Crippen molar-refractivity contribution in [3.8, 4) is 0 Å². The van der Waals surface area contributed by atoms with Gasteiger partial charge in [-0.3, -0.25) is 4.90 Å². The topological polar surface area (TPSA) is 27.3 Å². The lowest BCUT2D eigenvalue weighted by molar-refractivity contribution is 0.00212. The van der Waals surface area contributed by atoms with Gasteiger partial charge in [0.15, 0.2) is 5.11 Å². The van der Waals surface area contributed by atoms with Crippen LogP contribution in [0.1, 0.15) is 37.3 Å². The number of rotatable bonds is 4. The Kier molecular flexibility index (Phi) is 5.22. The molecule has 2 bridgehead atoms. The van der Waals surface area contributed by atoms with Crippen LogP contribution in [0.5, 0.6) is 0 Å². The predicted molar refractivity (Wildman–Crippen MR) is 102 cm³/mol. The molecule has 3 saturated heterocycles. The third kappa shape index (κ3) is 4.04. The summed E-state index contributed by atoms with van der Waals surface area (Å²) in [5, 5.41) is 7.51. The van der Waals surface area contributed by atoms with E-state index in [2.05, 4.69) is 54.5 Å². The molecule has 4 heteroatoms. The molecule has 3 heterocycles. The number of hydrogen-bond donors (Lipinski definition) is 2. The van der Waals surface area contributed by atoms with E-state index >= 15 is 0 Å². The summed E-state index contributed by atoms with van der Waals surface area (Å²) in [6.45, 7) is 10.1. The van der Waals surface area contributed by atoms with Gasteiger partial charge in [-0.25, -0.2) is 0 Å². The Morgan fingerprint density at radius 3 is 2.61 bits per heavy atom.